The lowest BCUT2D eigenvalue weighted by molar-refractivity contribution is -0.127. The van der Waals surface area contributed by atoms with E-state index in [-0.39, 0.29) is 24.6 Å². The fraction of sp³-hybridized carbons (Fsp3) is 0.296. The fourth-order valence-electron chi connectivity index (χ4n) is 3.82. The zero-order valence-electron chi connectivity index (χ0n) is 20.4. The first-order valence-electron chi connectivity index (χ1n) is 11.5. The minimum absolute atomic E-state index is 0.128. The molecule has 3 aromatic carbocycles. The Morgan fingerprint density at radius 3 is 2.40 bits per heavy atom. The summed E-state index contributed by atoms with van der Waals surface area (Å²) in [7, 11) is -3.90. The molecular weight excluding hydrogens is 464 g/mol. The topological polar surface area (TPSA) is 84.9 Å². The molecule has 35 heavy (non-hydrogen) atoms. The fourth-order valence-corrected chi connectivity index (χ4v) is 5.29. The molecule has 3 aromatic rings. The number of rotatable bonds is 7. The predicted octanol–water partition coefficient (Wildman–Crippen LogP) is 4.07. The number of hydrogen-bond donors (Lipinski definition) is 1. The normalized spacial score (nSPS) is 15.2. The molecule has 1 unspecified atom stereocenters. The van der Waals surface area contributed by atoms with Crippen LogP contribution in [0.1, 0.15) is 22.3 Å². The minimum Gasteiger partial charge on any atom is -0.492 e. The van der Waals surface area contributed by atoms with Gasteiger partial charge in [0.05, 0.1) is 23.7 Å². The largest absolute Gasteiger partial charge is 0.492 e. The van der Waals surface area contributed by atoms with E-state index < -0.39 is 22.0 Å². The molecule has 0 radical (unpaired) electrons. The molecule has 0 aromatic heterocycles. The van der Waals surface area contributed by atoms with E-state index in [0.29, 0.717) is 11.4 Å². The highest BCUT2D eigenvalue weighted by molar-refractivity contribution is 7.92. The number of anilines is 1. The van der Waals surface area contributed by atoms with Crippen molar-refractivity contribution < 1.29 is 22.7 Å². The SMILES string of the molecule is Cc1ccc(S(=O)(=O)N2CC(C(=O)NCCOc3ccc(C)c(C)c3)Oc3ccc(C)cc32)cc1. The van der Waals surface area contributed by atoms with Gasteiger partial charge >= 0.3 is 0 Å². The van der Waals surface area contributed by atoms with Crippen LogP contribution in [0, 0.1) is 27.7 Å². The van der Waals surface area contributed by atoms with Crippen molar-refractivity contribution in [3.05, 3.63) is 82.9 Å². The van der Waals surface area contributed by atoms with Gasteiger partial charge in [0, 0.05) is 0 Å². The summed E-state index contributed by atoms with van der Waals surface area (Å²) in [5, 5.41) is 2.80. The van der Waals surface area contributed by atoms with Crippen LogP contribution in [0.2, 0.25) is 0 Å². The van der Waals surface area contributed by atoms with Gasteiger partial charge < -0.3 is 14.8 Å². The average molecular weight is 495 g/mol. The Morgan fingerprint density at radius 1 is 0.971 bits per heavy atom. The van der Waals surface area contributed by atoms with E-state index in [1.54, 1.807) is 36.4 Å². The second-order valence-electron chi connectivity index (χ2n) is 8.81. The number of nitrogens with one attached hydrogen (secondary N) is 1. The monoisotopic (exact) mass is 494 g/mol. The average Bonchev–Trinajstić information content (AvgIpc) is 2.83. The summed E-state index contributed by atoms with van der Waals surface area (Å²) < 4.78 is 40.0. The molecule has 1 atom stereocenters. The van der Waals surface area contributed by atoms with E-state index >= 15 is 0 Å². The third-order valence-corrected chi connectivity index (χ3v) is 7.83. The van der Waals surface area contributed by atoms with Gasteiger partial charge in [0.25, 0.3) is 15.9 Å². The lowest BCUT2D eigenvalue weighted by Gasteiger charge is -2.35. The standard InChI is InChI=1S/C27H30N2O5S/c1-18-5-10-23(11-6-18)35(31,32)29-17-26(34-25-12-7-19(2)15-24(25)29)27(30)28-13-14-33-22-9-8-20(3)21(4)16-22/h5-12,15-16,26H,13-14,17H2,1-4H3,(H,28,30). The van der Waals surface area contributed by atoms with Gasteiger partial charge in [-0.15, -0.1) is 0 Å². The molecule has 0 bridgehead atoms. The van der Waals surface area contributed by atoms with E-state index in [2.05, 4.69) is 5.32 Å². The highest BCUT2D eigenvalue weighted by Gasteiger charge is 2.37. The zero-order valence-corrected chi connectivity index (χ0v) is 21.2. The summed E-state index contributed by atoms with van der Waals surface area (Å²) in [6.07, 6.45) is -0.993. The van der Waals surface area contributed by atoms with Crippen LogP contribution >= 0.6 is 0 Å². The predicted molar refractivity (Wildman–Crippen MR) is 136 cm³/mol. The van der Waals surface area contributed by atoms with Crippen LogP contribution in [0.15, 0.2) is 65.6 Å². The molecule has 1 aliphatic heterocycles. The van der Waals surface area contributed by atoms with Crippen molar-refractivity contribution in [1.29, 1.82) is 0 Å². The third kappa shape index (κ3) is 5.43. The van der Waals surface area contributed by atoms with Gasteiger partial charge in [-0.25, -0.2) is 8.42 Å². The van der Waals surface area contributed by atoms with E-state index in [4.69, 9.17) is 9.47 Å². The van der Waals surface area contributed by atoms with E-state index in [1.165, 1.54) is 9.87 Å². The number of carbonyl (C=O) groups excluding carboxylic acids is 1. The first-order valence-corrected chi connectivity index (χ1v) is 12.9. The van der Waals surface area contributed by atoms with Gasteiger partial charge in [0.15, 0.2) is 6.10 Å². The summed E-state index contributed by atoms with van der Waals surface area (Å²) in [5.74, 6) is 0.684. The highest BCUT2D eigenvalue weighted by Crippen LogP contribution is 2.37. The summed E-state index contributed by atoms with van der Waals surface area (Å²) in [6, 6.07) is 17.8. The quantitative estimate of drug-likeness (QED) is 0.501. The van der Waals surface area contributed by atoms with Crippen molar-refractivity contribution in [3.63, 3.8) is 0 Å². The van der Waals surface area contributed by atoms with E-state index in [0.717, 1.165) is 22.4 Å². The Bertz CT molecular complexity index is 1340. The number of fused-ring (bicyclic) bond motifs is 1. The van der Waals surface area contributed by atoms with Gasteiger partial charge in [0.1, 0.15) is 18.1 Å². The van der Waals surface area contributed by atoms with Crippen LogP contribution in [-0.4, -0.2) is 40.1 Å². The van der Waals surface area contributed by atoms with Gasteiger partial charge in [-0.3, -0.25) is 9.10 Å². The molecule has 1 heterocycles. The molecule has 4 rings (SSSR count). The lowest BCUT2D eigenvalue weighted by atomic mass is 10.1. The number of sulfonamides is 1. The molecule has 1 N–H and O–H groups in total. The van der Waals surface area contributed by atoms with Gasteiger partial charge in [-0.1, -0.05) is 29.8 Å². The first-order chi connectivity index (χ1) is 16.6. The summed E-state index contributed by atoms with van der Waals surface area (Å²) in [4.78, 5) is 13.1. The molecule has 184 valence electrons. The Labute approximate surface area is 206 Å². The summed E-state index contributed by atoms with van der Waals surface area (Å²) in [6.45, 7) is 8.24. The van der Waals surface area contributed by atoms with Crippen LogP contribution < -0.4 is 19.1 Å². The maximum Gasteiger partial charge on any atom is 0.264 e. The zero-order chi connectivity index (χ0) is 25.2. The molecular formula is C27H30N2O5S. The number of hydrogen-bond acceptors (Lipinski definition) is 5. The number of amides is 1. The maximum atomic E-state index is 13.5. The third-order valence-electron chi connectivity index (χ3n) is 6.03. The van der Waals surface area contributed by atoms with Crippen LogP contribution in [0.25, 0.3) is 0 Å². The summed E-state index contributed by atoms with van der Waals surface area (Å²) >= 11 is 0. The number of ether oxygens (including phenoxy) is 2. The second-order valence-corrected chi connectivity index (χ2v) is 10.7. The Balaban J connectivity index is 1.48. The molecule has 0 saturated heterocycles. The molecule has 1 amide bonds. The van der Waals surface area contributed by atoms with Crippen LogP contribution in [0.3, 0.4) is 0 Å². The Kier molecular flexibility index (Phi) is 7.03. The molecule has 0 fully saturated rings. The molecule has 1 aliphatic rings. The van der Waals surface area contributed by atoms with E-state index in [1.807, 2.05) is 52.0 Å². The first kappa shape index (κ1) is 24.6. The number of aryl methyl sites for hydroxylation is 4. The molecule has 0 aliphatic carbocycles. The number of nitrogens with zero attached hydrogens (tertiary/aromatic N) is 1. The second kappa shape index (κ2) is 10.00. The number of carbonyl (C=O) groups is 1. The minimum atomic E-state index is -3.90. The molecule has 0 saturated carbocycles. The molecule has 8 heteroatoms. The van der Waals surface area contributed by atoms with E-state index in [9.17, 15) is 13.2 Å². The van der Waals surface area contributed by atoms with Crippen molar-refractivity contribution in [2.75, 3.05) is 24.0 Å². The Morgan fingerprint density at radius 2 is 1.69 bits per heavy atom. The van der Waals surface area contributed by atoms with Crippen LogP contribution in [-0.2, 0) is 14.8 Å². The summed E-state index contributed by atoms with van der Waals surface area (Å²) in [5.41, 5.74) is 4.59. The van der Waals surface area contributed by atoms with Crippen molar-refractivity contribution in [2.24, 2.45) is 0 Å². The smallest absolute Gasteiger partial charge is 0.264 e. The highest BCUT2D eigenvalue weighted by atomic mass is 32.2. The molecule has 7 nitrogen and oxygen atoms in total. The van der Waals surface area contributed by atoms with Crippen molar-refractivity contribution in [1.82, 2.24) is 5.32 Å². The lowest BCUT2D eigenvalue weighted by Crippen LogP contribution is -2.51. The maximum absolute atomic E-state index is 13.5. The van der Waals surface area contributed by atoms with Gasteiger partial charge in [0.2, 0.25) is 0 Å². The van der Waals surface area contributed by atoms with Crippen molar-refractivity contribution in [2.45, 2.75) is 38.7 Å². The van der Waals surface area contributed by atoms with Gasteiger partial charge in [-0.2, -0.15) is 0 Å². The Hall–Kier alpha value is -3.52. The van der Waals surface area contributed by atoms with Crippen molar-refractivity contribution >= 4 is 21.6 Å². The number of benzene rings is 3. The van der Waals surface area contributed by atoms with Crippen LogP contribution in [0.5, 0.6) is 11.5 Å². The van der Waals surface area contributed by atoms with Gasteiger partial charge in [-0.05, 0) is 80.8 Å². The van der Waals surface area contributed by atoms with Crippen LogP contribution in [0.4, 0.5) is 5.69 Å². The molecule has 0 spiro atoms. The van der Waals surface area contributed by atoms with Crippen molar-refractivity contribution in [3.8, 4) is 11.5 Å².